The van der Waals surface area contributed by atoms with Crippen molar-refractivity contribution in [3.05, 3.63) is 65.2 Å². The van der Waals surface area contributed by atoms with Crippen molar-refractivity contribution in [3.8, 4) is 34.4 Å². The van der Waals surface area contributed by atoms with Gasteiger partial charge in [-0.1, -0.05) is 18.2 Å². The van der Waals surface area contributed by atoms with Crippen molar-refractivity contribution in [3.63, 3.8) is 0 Å². The zero-order valence-corrected chi connectivity index (χ0v) is 22.7. The van der Waals surface area contributed by atoms with Crippen LogP contribution in [-0.4, -0.2) is 62.4 Å². The number of benzene rings is 3. The number of fused-ring (bicyclic) bond motifs is 1. The average molecular weight is 556 g/mol. The van der Waals surface area contributed by atoms with Gasteiger partial charge in [0.15, 0.2) is 11.5 Å². The largest absolute Gasteiger partial charge is 0.493 e. The minimum atomic E-state index is -4.47. The van der Waals surface area contributed by atoms with Gasteiger partial charge in [-0.15, -0.1) is 0 Å². The van der Waals surface area contributed by atoms with E-state index in [0.717, 1.165) is 25.7 Å². The van der Waals surface area contributed by atoms with E-state index in [-0.39, 0.29) is 12.0 Å². The number of halogens is 3. The molecule has 1 aliphatic rings. The molecule has 1 N–H and O–H groups in total. The summed E-state index contributed by atoms with van der Waals surface area (Å²) in [5.41, 5.74) is 2.02. The Bertz CT molecular complexity index is 1450. The highest BCUT2D eigenvalue weighted by molar-refractivity contribution is 5.85. The highest BCUT2D eigenvalue weighted by Gasteiger charge is 2.33. The molecule has 0 amide bonds. The van der Waals surface area contributed by atoms with Crippen LogP contribution < -0.4 is 18.9 Å². The molecule has 0 radical (unpaired) electrons. The maximum Gasteiger partial charge on any atom is 0.416 e. The fraction of sp³-hybridized carbons (Fsp3) is 0.367. The number of aromatic amines is 1. The number of alkyl halides is 3. The van der Waals surface area contributed by atoms with Gasteiger partial charge < -0.3 is 23.9 Å². The predicted molar refractivity (Wildman–Crippen MR) is 147 cm³/mol. The number of hydrogen-bond acceptors (Lipinski definition) is 6. The predicted octanol–water partition coefficient (Wildman–Crippen LogP) is 6.34. The average Bonchev–Trinajstić information content (AvgIpc) is 3.62. The molecule has 1 fully saturated rings. The van der Waals surface area contributed by atoms with Gasteiger partial charge in [0, 0.05) is 24.6 Å². The van der Waals surface area contributed by atoms with Crippen LogP contribution in [0.15, 0.2) is 48.5 Å². The van der Waals surface area contributed by atoms with E-state index < -0.39 is 11.7 Å². The fourth-order valence-corrected chi connectivity index (χ4v) is 5.19. The normalized spacial score (nSPS) is 14.1. The number of nitrogens with zero attached hydrogens (tertiary/aromatic N) is 2. The van der Waals surface area contributed by atoms with Crippen LogP contribution in [0.3, 0.4) is 0 Å². The van der Waals surface area contributed by atoms with Crippen molar-refractivity contribution >= 4 is 11.0 Å². The van der Waals surface area contributed by atoms with Gasteiger partial charge in [-0.3, -0.25) is 4.90 Å². The quantitative estimate of drug-likeness (QED) is 0.246. The molecule has 0 bridgehead atoms. The first-order valence-electron chi connectivity index (χ1n) is 13.1. The van der Waals surface area contributed by atoms with Crippen LogP contribution in [0.5, 0.6) is 23.0 Å². The summed E-state index contributed by atoms with van der Waals surface area (Å²) in [4.78, 5) is 10.5. The lowest BCUT2D eigenvalue weighted by atomic mass is 9.98. The van der Waals surface area contributed by atoms with Gasteiger partial charge in [0.05, 0.1) is 37.9 Å². The van der Waals surface area contributed by atoms with Gasteiger partial charge in [-0.25, -0.2) is 4.98 Å². The SMILES string of the molecule is COc1cc(-c2nc3c(Cc4ccccc4C(F)(F)F)cc(OCCN4CCCC4)cc3[nH]2)cc(OC)c1OC. The third kappa shape index (κ3) is 5.82. The summed E-state index contributed by atoms with van der Waals surface area (Å²) >= 11 is 0. The number of methoxy groups -OCH3 is 3. The maximum atomic E-state index is 13.8. The molecular formula is C30H32F3N3O4. The Balaban J connectivity index is 1.56. The molecule has 5 rings (SSSR count). The highest BCUT2D eigenvalue weighted by Crippen LogP contribution is 2.41. The van der Waals surface area contributed by atoms with E-state index in [1.807, 2.05) is 6.07 Å². The zero-order chi connectivity index (χ0) is 28.3. The van der Waals surface area contributed by atoms with Crippen molar-refractivity contribution < 1.29 is 32.1 Å². The third-order valence-electron chi connectivity index (χ3n) is 7.16. The topological polar surface area (TPSA) is 68.8 Å². The van der Waals surface area contributed by atoms with Crippen molar-refractivity contribution in [2.45, 2.75) is 25.4 Å². The summed E-state index contributed by atoms with van der Waals surface area (Å²) in [5, 5.41) is 0. The second-order valence-electron chi connectivity index (χ2n) is 9.71. The van der Waals surface area contributed by atoms with E-state index in [1.165, 1.54) is 46.3 Å². The van der Waals surface area contributed by atoms with E-state index in [9.17, 15) is 13.2 Å². The number of imidazole rings is 1. The van der Waals surface area contributed by atoms with Crippen molar-refractivity contribution in [1.29, 1.82) is 0 Å². The van der Waals surface area contributed by atoms with Crippen LogP contribution in [0, 0.1) is 0 Å². The first-order valence-corrected chi connectivity index (χ1v) is 13.1. The second kappa shape index (κ2) is 11.7. The molecule has 2 heterocycles. The molecule has 7 nitrogen and oxygen atoms in total. The number of H-pyrrole nitrogens is 1. The van der Waals surface area contributed by atoms with Crippen LogP contribution in [-0.2, 0) is 12.6 Å². The number of likely N-dealkylation sites (tertiary alicyclic amines) is 1. The summed E-state index contributed by atoms with van der Waals surface area (Å²) in [6, 6.07) is 12.8. The highest BCUT2D eigenvalue weighted by atomic mass is 19.4. The minimum absolute atomic E-state index is 0.0368. The van der Waals surface area contributed by atoms with E-state index in [1.54, 1.807) is 24.3 Å². The number of nitrogens with one attached hydrogen (secondary N) is 1. The fourth-order valence-electron chi connectivity index (χ4n) is 5.19. The molecule has 0 aliphatic carbocycles. The zero-order valence-electron chi connectivity index (χ0n) is 22.7. The molecule has 40 heavy (non-hydrogen) atoms. The Morgan fingerprint density at radius 1 is 0.900 bits per heavy atom. The number of ether oxygens (including phenoxy) is 4. The molecule has 10 heteroatoms. The molecule has 0 atom stereocenters. The van der Waals surface area contributed by atoms with Crippen molar-refractivity contribution in [2.24, 2.45) is 0 Å². The van der Waals surface area contributed by atoms with E-state index in [4.69, 9.17) is 23.9 Å². The van der Waals surface area contributed by atoms with Crippen molar-refractivity contribution in [2.75, 3.05) is 47.6 Å². The minimum Gasteiger partial charge on any atom is -0.493 e. The lowest BCUT2D eigenvalue weighted by Crippen LogP contribution is -2.25. The first-order chi connectivity index (χ1) is 19.3. The molecule has 0 unspecified atom stereocenters. The summed E-state index contributed by atoms with van der Waals surface area (Å²) in [6.45, 7) is 3.39. The Labute approximate surface area is 230 Å². The molecular weight excluding hydrogens is 523 g/mol. The van der Waals surface area contributed by atoms with Gasteiger partial charge in [-0.2, -0.15) is 13.2 Å². The first kappa shape index (κ1) is 27.6. The Morgan fingerprint density at radius 3 is 2.25 bits per heavy atom. The van der Waals surface area contributed by atoms with Gasteiger partial charge >= 0.3 is 6.18 Å². The summed E-state index contributed by atoms with van der Waals surface area (Å²) in [6.07, 6.45) is -2.05. The van der Waals surface area contributed by atoms with Crippen LogP contribution in [0.2, 0.25) is 0 Å². The van der Waals surface area contributed by atoms with Crippen LogP contribution in [0.1, 0.15) is 29.5 Å². The Morgan fingerprint density at radius 2 is 1.60 bits per heavy atom. The second-order valence-corrected chi connectivity index (χ2v) is 9.71. The van der Waals surface area contributed by atoms with Crippen LogP contribution >= 0.6 is 0 Å². The standard InChI is InChI=1S/C30H32F3N3O4/c1-37-25-16-21(17-26(38-2)28(25)39-3)29-34-24-18-22(40-13-12-36-10-6-7-11-36)15-20(27(24)35-29)14-19-8-4-5-9-23(19)30(31,32)33/h4-5,8-9,15-18H,6-7,10-14H2,1-3H3,(H,34,35). The van der Waals surface area contributed by atoms with E-state index >= 15 is 0 Å². The summed E-state index contributed by atoms with van der Waals surface area (Å²) in [7, 11) is 4.58. The van der Waals surface area contributed by atoms with Gasteiger partial charge in [0.1, 0.15) is 18.2 Å². The maximum absolute atomic E-state index is 13.8. The van der Waals surface area contributed by atoms with Gasteiger partial charge in [0.25, 0.3) is 0 Å². The number of aromatic nitrogens is 2. The molecule has 1 saturated heterocycles. The van der Waals surface area contributed by atoms with Gasteiger partial charge in [0.2, 0.25) is 5.75 Å². The third-order valence-corrected chi connectivity index (χ3v) is 7.16. The van der Waals surface area contributed by atoms with E-state index in [0.29, 0.717) is 57.6 Å². The lowest BCUT2D eigenvalue weighted by Gasteiger charge is -2.16. The monoisotopic (exact) mass is 555 g/mol. The van der Waals surface area contributed by atoms with Crippen molar-refractivity contribution in [1.82, 2.24) is 14.9 Å². The smallest absolute Gasteiger partial charge is 0.416 e. The molecule has 212 valence electrons. The Hall–Kier alpha value is -3.92. The molecule has 4 aromatic rings. The number of rotatable bonds is 10. The molecule has 0 spiro atoms. The van der Waals surface area contributed by atoms with Crippen LogP contribution in [0.4, 0.5) is 13.2 Å². The molecule has 3 aromatic carbocycles. The summed E-state index contributed by atoms with van der Waals surface area (Å²) in [5.74, 6) is 2.45. The number of hydrogen-bond donors (Lipinski definition) is 1. The lowest BCUT2D eigenvalue weighted by molar-refractivity contribution is -0.138. The van der Waals surface area contributed by atoms with Crippen LogP contribution in [0.25, 0.3) is 22.4 Å². The van der Waals surface area contributed by atoms with E-state index in [2.05, 4.69) is 9.88 Å². The molecule has 1 aromatic heterocycles. The van der Waals surface area contributed by atoms with Gasteiger partial charge in [-0.05, 0) is 61.3 Å². The summed E-state index contributed by atoms with van der Waals surface area (Å²) < 4.78 is 63.9. The molecule has 1 aliphatic heterocycles. The molecule has 0 saturated carbocycles. The Kier molecular flexibility index (Phi) is 8.07.